The number of para-hydroxylation sites is 1. The molecule has 0 bridgehead atoms. The number of carbonyl (C=O) groups excluding carboxylic acids is 2. The molecule has 6 heteroatoms. The zero-order valence-corrected chi connectivity index (χ0v) is 10.2. The Labute approximate surface area is 110 Å². The van der Waals surface area contributed by atoms with E-state index in [0.29, 0.717) is 5.57 Å². The highest BCUT2D eigenvalue weighted by Crippen LogP contribution is 2.15. The summed E-state index contributed by atoms with van der Waals surface area (Å²) in [7, 11) is 0. The normalized spacial score (nSPS) is 18.2. The standard InChI is InChI=1S/C13H14N2O4/c1-8-10(6-19-13(8)18)14-7-15-12(17)9-4-2-3-5-11(9)16/h2-5,10,14,16H,1,6-7H2,(H,15,17). The Balaban J connectivity index is 1.83. The first-order valence-corrected chi connectivity index (χ1v) is 5.75. The Morgan fingerprint density at radius 1 is 1.47 bits per heavy atom. The number of amides is 1. The van der Waals surface area contributed by atoms with Crippen molar-refractivity contribution in [3.63, 3.8) is 0 Å². The molecular formula is C13H14N2O4. The molecule has 0 spiro atoms. The second-order valence-electron chi connectivity index (χ2n) is 4.08. The number of phenolic OH excluding ortho intramolecular Hbond substituents is 1. The summed E-state index contributed by atoms with van der Waals surface area (Å²) in [5.74, 6) is -0.908. The molecule has 1 saturated heterocycles. The van der Waals surface area contributed by atoms with Crippen LogP contribution in [0.4, 0.5) is 0 Å². The monoisotopic (exact) mass is 262 g/mol. The number of phenols is 1. The van der Waals surface area contributed by atoms with Crippen LogP contribution >= 0.6 is 0 Å². The van der Waals surface area contributed by atoms with Gasteiger partial charge in [0.05, 0.1) is 23.8 Å². The number of ether oxygens (including phenoxy) is 1. The molecule has 6 nitrogen and oxygen atoms in total. The first kappa shape index (κ1) is 13.1. The molecule has 0 aromatic heterocycles. The van der Waals surface area contributed by atoms with E-state index in [-0.39, 0.29) is 30.6 Å². The Morgan fingerprint density at radius 3 is 2.84 bits per heavy atom. The van der Waals surface area contributed by atoms with Crippen molar-refractivity contribution >= 4 is 11.9 Å². The molecular weight excluding hydrogens is 248 g/mol. The maximum atomic E-state index is 11.8. The van der Waals surface area contributed by atoms with Crippen molar-refractivity contribution in [2.24, 2.45) is 0 Å². The van der Waals surface area contributed by atoms with Gasteiger partial charge in [-0.25, -0.2) is 4.79 Å². The maximum Gasteiger partial charge on any atom is 0.335 e. The molecule has 1 unspecified atom stereocenters. The van der Waals surface area contributed by atoms with E-state index in [1.54, 1.807) is 12.1 Å². The van der Waals surface area contributed by atoms with E-state index in [1.807, 2.05) is 0 Å². The highest BCUT2D eigenvalue weighted by Gasteiger charge is 2.28. The molecule has 100 valence electrons. The maximum absolute atomic E-state index is 11.8. The molecule has 0 saturated carbocycles. The van der Waals surface area contributed by atoms with Crippen LogP contribution in [-0.4, -0.2) is 36.3 Å². The van der Waals surface area contributed by atoms with Gasteiger partial charge < -0.3 is 15.2 Å². The van der Waals surface area contributed by atoms with Crippen LogP contribution in [0.3, 0.4) is 0 Å². The Morgan fingerprint density at radius 2 is 2.21 bits per heavy atom. The van der Waals surface area contributed by atoms with E-state index in [1.165, 1.54) is 12.1 Å². The zero-order valence-electron chi connectivity index (χ0n) is 10.2. The third-order valence-corrected chi connectivity index (χ3v) is 2.81. The zero-order chi connectivity index (χ0) is 13.8. The summed E-state index contributed by atoms with van der Waals surface area (Å²) in [5.41, 5.74) is 0.540. The first-order chi connectivity index (χ1) is 9.09. The smallest absolute Gasteiger partial charge is 0.335 e. The van der Waals surface area contributed by atoms with Crippen molar-refractivity contribution in [1.29, 1.82) is 0 Å². The molecule has 1 heterocycles. The van der Waals surface area contributed by atoms with Gasteiger partial charge in [-0.15, -0.1) is 0 Å². The number of benzene rings is 1. The molecule has 0 aliphatic carbocycles. The average molecular weight is 262 g/mol. The molecule has 1 atom stereocenters. The van der Waals surface area contributed by atoms with Gasteiger partial charge in [0.2, 0.25) is 0 Å². The van der Waals surface area contributed by atoms with E-state index in [2.05, 4.69) is 17.2 Å². The second-order valence-corrected chi connectivity index (χ2v) is 4.08. The van der Waals surface area contributed by atoms with Crippen LogP contribution in [0.15, 0.2) is 36.4 Å². The molecule has 1 aromatic rings. The Bertz CT molecular complexity index is 527. The molecule has 1 aliphatic heterocycles. The van der Waals surface area contributed by atoms with E-state index in [0.717, 1.165) is 0 Å². The van der Waals surface area contributed by atoms with E-state index >= 15 is 0 Å². The molecule has 19 heavy (non-hydrogen) atoms. The van der Waals surface area contributed by atoms with Crippen LogP contribution in [0, 0.1) is 0 Å². The second kappa shape index (κ2) is 5.53. The van der Waals surface area contributed by atoms with Crippen molar-refractivity contribution in [2.45, 2.75) is 6.04 Å². The topological polar surface area (TPSA) is 87.7 Å². The van der Waals surface area contributed by atoms with Gasteiger partial charge in [0.25, 0.3) is 5.91 Å². The third-order valence-electron chi connectivity index (χ3n) is 2.81. The van der Waals surface area contributed by atoms with Gasteiger partial charge in [0.15, 0.2) is 0 Å². The minimum atomic E-state index is -0.426. The predicted octanol–water partition coefficient (Wildman–Crippen LogP) is 0.151. The van der Waals surface area contributed by atoms with Crippen LogP contribution < -0.4 is 10.6 Å². The van der Waals surface area contributed by atoms with E-state index < -0.39 is 11.9 Å². The molecule has 2 rings (SSSR count). The summed E-state index contributed by atoms with van der Waals surface area (Å²) >= 11 is 0. The van der Waals surface area contributed by atoms with Gasteiger partial charge in [-0.3, -0.25) is 10.1 Å². The SMILES string of the molecule is C=C1C(=O)OCC1NCNC(=O)c1ccccc1O. The van der Waals surface area contributed by atoms with E-state index in [4.69, 9.17) is 4.74 Å². The molecule has 1 aromatic carbocycles. The van der Waals surface area contributed by atoms with Crippen LogP contribution in [0.25, 0.3) is 0 Å². The van der Waals surface area contributed by atoms with Crippen LogP contribution in [0.1, 0.15) is 10.4 Å². The Hall–Kier alpha value is -2.34. The van der Waals surface area contributed by atoms with Crippen molar-refractivity contribution < 1.29 is 19.4 Å². The molecule has 1 aliphatic rings. The van der Waals surface area contributed by atoms with Crippen LogP contribution in [-0.2, 0) is 9.53 Å². The summed E-state index contributed by atoms with van der Waals surface area (Å²) in [6.45, 7) is 3.96. The van der Waals surface area contributed by atoms with E-state index in [9.17, 15) is 14.7 Å². The molecule has 0 radical (unpaired) electrons. The lowest BCUT2D eigenvalue weighted by Crippen LogP contribution is -2.40. The number of aromatic hydroxyl groups is 1. The van der Waals surface area contributed by atoms with Crippen molar-refractivity contribution in [2.75, 3.05) is 13.3 Å². The van der Waals surface area contributed by atoms with Crippen LogP contribution in [0.2, 0.25) is 0 Å². The minimum absolute atomic E-state index is 0.0798. The summed E-state index contributed by atoms with van der Waals surface area (Å²) in [5, 5.41) is 15.0. The number of cyclic esters (lactones) is 1. The van der Waals surface area contributed by atoms with Gasteiger partial charge in [0.1, 0.15) is 12.4 Å². The quantitative estimate of drug-likeness (QED) is 0.408. The fraction of sp³-hybridized carbons (Fsp3) is 0.231. The summed E-state index contributed by atoms with van der Waals surface area (Å²) in [6, 6.07) is 5.96. The van der Waals surface area contributed by atoms with Gasteiger partial charge in [-0.2, -0.15) is 0 Å². The fourth-order valence-electron chi connectivity index (χ4n) is 1.69. The fourth-order valence-corrected chi connectivity index (χ4v) is 1.69. The highest BCUT2D eigenvalue weighted by molar-refractivity contribution is 5.96. The number of esters is 1. The summed E-state index contributed by atoms with van der Waals surface area (Å²) in [6.07, 6.45) is 0. The van der Waals surface area contributed by atoms with Gasteiger partial charge in [0, 0.05) is 0 Å². The number of carbonyl (C=O) groups is 2. The lowest BCUT2D eigenvalue weighted by molar-refractivity contribution is -0.135. The van der Waals surface area contributed by atoms with Crippen molar-refractivity contribution in [3.05, 3.63) is 42.0 Å². The van der Waals surface area contributed by atoms with Gasteiger partial charge in [-0.1, -0.05) is 18.7 Å². The third kappa shape index (κ3) is 2.92. The summed E-state index contributed by atoms with van der Waals surface area (Å²) < 4.78 is 4.79. The first-order valence-electron chi connectivity index (χ1n) is 5.75. The highest BCUT2D eigenvalue weighted by atomic mass is 16.5. The van der Waals surface area contributed by atoms with Gasteiger partial charge in [-0.05, 0) is 12.1 Å². The Kier molecular flexibility index (Phi) is 3.82. The largest absolute Gasteiger partial charge is 0.507 e. The van der Waals surface area contributed by atoms with Crippen molar-refractivity contribution in [1.82, 2.24) is 10.6 Å². The molecule has 1 fully saturated rings. The number of hydrogen-bond acceptors (Lipinski definition) is 5. The lowest BCUT2D eigenvalue weighted by Gasteiger charge is -2.11. The molecule has 1 amide bonds. The summed E-state index contributed by atoms with van der Waals surface area (Å²) in [4.78, 5) is 22.8. The average Bonchev–Trinajstić information content (AvgIpc) is 2.71. The minimum Gasteiger partial charge on any atom is -0.507 e. The van der Waals surface area contributed by atoms with Crippen molar-refractivity contribution in [3.8, 4) is 5.75 Å². The van der Waals surface area contributed by atoms with Crippen LogP contribution in [0.5, 0.6) is 5.75 Å². The number of nitrogens with one attached hydrogen (secondary N) is 2. The molecule has 3 N–H and O–H groups in total. The number of hydrogen-bond donors (Lipinski definition) is 3. The predicted molar refractivity (Wildman–Crippen MR) is 67.5 cm³/mol. The number of rotatable bonds is 4. The lowest BCUT2D eigenvalue weighted by atomic mass is 10.2. The van der Waals surface area contributed by atoms with Gasteiger partial charge >= 0.3 is 5.97 Å².